The standard InChI is InChI=1S/C12H17N3OS/c1-8(2)5-11-14-15-6-10(13-12(15)17-11)9-3-4-16-7-9/h6,8-9H,3-5,7H2,1-2H3. The predicted octanol–water partition coefficient (Wildman–Crippen LogP) is 2.49. The van der Waals surface area contributed by atoms with Crippen LogP contribution in [0.4, 0.5) is 0 Å². The molecular weight excluding hydrogens is 234 g/mol. The van der Waals surface area contributed by atoms with Gasteiger partial charge in [0.2, 0.25) is 4.96 Å². The van der Waals surface area contributed by atoms with Crippen molar-refractivity contribution in [2.75, 3.05) is 13.2 Å². The number of hydrogen-bond donors (Lipinski definition) is 0. The van der Waals surface area contributed by atoms with Gasteiger partial charge in [0.1, 0.15) is 5.01 Å². The normalized spacial score (nSPS) is 20.8. The van der Waals surface area contributed by atoms with E-state index in [9.17, 15) is 0 Å². The van der Waals surface area contributed by atoms with Gasteiger partial charge < -0.3 is 4.74 Å². The third-order valence-corrected chi connectivity index (χ3v) is 3.98. The van der Waals surface area contributed by atoms with Gasteiger partial charge in [-0.25, -0.2) is 9.50 Å². The Bertz CT molecular complexity index is 479. The highest BCUT2D eigenvalue weighted by Gasteiger charge is 2.21. The molecule has 1 saturated heterocycles. The smallest absolute Gasteiger partial charge is 0.212 e. The fourth-order valence-corrected chi connectivity index (χ4v) is 3.25. The summed E-state index contributed by atoms with van der Waals surface area (Å²) in [6, 6.07) is 0. The molecule has 0 amide bonds. The van der Waals surface area contributed by atoms with Crippen molar-refractivity contribution < 1.29 is 4.74 Å². The van der Waals surface area contributed by atoms with Crippen LogP contribution >= 0.6 is 11.3 Å². The third-order valence-electron chi connectivity index (χ3n) is 3.03. The van der Waals surface area contributed by atoms with Crippen LogP contribution in [-0.2, 0) is 11.2 Å². The number of hydrogen-bond acceptors (Lipinski definition) is 4. The predicted molar refractivity (Wildman–Crippen MR) is 67.6 cm³/mol. The lowest BCUT2D eigenvalue weighted by Gasteiger charge is -2.01. The minimum atomic E-state index is 0.470. The molecular formula is C12H17N3OS. The Morgan fingerprint density at radius 1 is 1.59 bits per heavy atom. The summed E-state index contributed by atoms with van der Waals surface area (Å²) < 4.78 is 7.32. The van der Waals surface area contributed by atoms with Gasteiger partial charge in [-0.3, -0.25) is 0 Å². The number of aromatic nitrogens is 3. The van der Waals surface area contributed by atoms with Crippen LogP contribution in [0.3, 0.4) is 0 Å². The fourth-order valence-electron chi connectivity index (χ4n) is 2.15. The minimum Gasteiger partial charge on any atom is -0.381 e. The summed E-state index contributed by atoms with van der Waals surface area (Å²) >= 11 is 1.71. The van der Waals surface area contributed by atoms with Gasteiger partial charge in [-0.1, -0.05) is 25.2 Å². The molecule has 0 bridgehead atoms. The second-order valence-electron chi connectivity index (χ2n) is 5.05. The number of nitrogens with zero attached hydrogens (tertiary/aromatic N) is 3. The molecule has 0 aliphatic carbocycles. The highest BCUT2D eigenvalue weighted by atomic mass is 32.1. The van der Waals surface area contributed by atoms with E-state index in [2.05, 4.69) is 30.1 Å². The minimum absolute atomic E-state index is 0.470. The third kappa shape index (κ3) is 2.21. The van der Waals surface area contributed by atoms with Crippen LogP contribution in [0.2, 0.25) is 0 Å². The molecule has 92 valence electrons. The molecule has 0 saturated carbocycles. The molecule has 1 aliphatic rings. The van der Waals surface area contributed by atoms with Crippen molar-refractivity contribution in [2.45, 2.75) is 32.6 Å². The van der Waals surface area contributed by atoms with Gasteiger partial charge in [0, 0.05) is 18.9 Å². The first kappa shape index (κ1) is 11.2. The van der Waals surface area contributed by atoms with Crippen LogP contribution in [0.5, 0.6) is 0 Å². The van der Waals surface area contributed by atoms with E-state index >= 15 is 0 Å². The Morgan fingerprint density at radius 2 is 2.47 bits per heavy atom. The van der Waals surface area contributed by atoms with Gasteiger partial charge in [0.15, 0.2) is 0 Å². The van der Waals surface area contributed by atoms with E-state index in [0.29, 0.717) is 11.8 Å². The molecule has 2 aromatic rings. The van der Waals surface area contributed by atoms with Crippen molar-refractivity contribution in [1.29, 1.82) is 0 Å². The lowest BCUT2D eigenvalue weighted by Crippen LogP contribution is -1.98. The Balaban J connectivity index is 1.85. The van der Waals surface area contributed by atoms with Gasteiger partial charge in [0.05, 0.1) is 18.5 Å². The Labute approximate surface area is 105 Å². The summed E-state index contributed by atoms with van der Waals surface area (Å²) in [5, 5.41) is 5.75. The van der Waals surface area contributed by atoms with Crippen LogP contribution in [0.1, 0.15) is 36.9 Å². The van der Waals surface area contributed by atoms with Crippen LogP contribution in [0, 0.1) is 5.92 Å². The lowest BCUT2D eigenvalue weighted by atomic mass is 10.1. The van der Waals surface area contributed by atoms with E-state index in [-0.39, 0.29) is 0 Å². The van der Waals surface area contributed by atoms with Gasteiger partial charge >= 0.3 is 0 Å². The van der Waals surface area contributed by atoms with E-state index in [4.69, 9.17) is 4.74 Å². The van der Waals surface area contributed by atoms with Crippen molar-refractivity contribution in [2.24, 2.45) is 5.92 Å². The van der Waals surface area contributed by atoms with Gasteiger partial charge in [-0.15, -0.1) is 0 Å². The first-order valence-corrected chi connectivity index (χ1v) is 6.97. The zero-order valence-corrected chi connectivity index (χ0v) is 11.0. The highest BCUT2D eigenvalue weighted by molar-refractivity contribution is 7.16. The fraction of sp³-hybridized carbons (Fsp3) is 0.667. The maximum atomic E-state index is 5.39. The molecule has 1 unspecified atom stereocenters. The van der Waals surface area contributed by atoms with Crippen molar-refractivity contribution in [1.82, 2.24) is 14.6 Å². The zero-order valence-electron chi connectivity index (χ0n) is 10.2. The second kappa shape index (κ2) is 4.38. The summed E-state index contributed by atoms with van der Waals surface area (Å²) in [5.74, 6) is 1.12. The highest BCUT2D eigenvalue weighted by Crippen LogP contribution is 2.26. The monoisotopic (exact) mass is 251 g/mol. The molecule has 3 rings (SSSR count). The number of rotatable bonds is 3. The van der Waals surface area contributed by atoms with E-state index < -0.39 is 0 Å². The van der Waals surface area contributed by atoms with E-state index in [1.54, 1.807) is 11.3 Å². The lowest BCUT2D eigenvalue weighted by molar-refractivity contribution is 0.193. The van der Waals surface area contributed by atoms with Gasteiger partial charge in [-0.2, -0.15) is 5.10 Å². The van der Waals surface area contributed by atoms with Gasteiger partial charge in [0.25, 0.3) is 0 Å². The van der Waals surface area contributed by atoms with Crippen LogP contribution in [-0.4, -0.2) is 27.8 Å². The molecule has 1 atom stereocenters. The summed E-state index contributed by atoms with van der Waals surface area (Å²) in [7, 11) is 0. The van der Waals surface area contributed by atoms with Crippen molar-refractivity contribution in [3.8, 4) is 0 Å². The largest absolute Gasteiger partial charge is 0.381 e. The number of imidazole rings is 1. The SMILES string of the molecule is CC(C)Cc1nn2cc(C3CCOC3)nc2s1. The topological polar surface area (TPSA) is 39.4 Å². The number of fused-ring (bicyclic) bond motifs is 1. The summed E-state index contributed by atoms with van der Waals surface area (Å²) in [6.45, 7) is 6.10. The molecule has 1 fully saturated rings. The molecule has 1 aliphatic heterocycles. The van der Waals surface area contributed by atoms with Crippen LogP contribution in [0.25, 0.3) is 4.96 Å². The number of ether oxygens (including phenoxy) is 1. The average molecular weight is 251 g/mol. The maximum absolute atomic E-state index is 5.39. The zero-order chi connectivity index (χ0) is 11.8. The Hall–Kier alpha value is -0.940. The molecule has 0 N–H and O–H groups in total. The molecule has 5 heteroatoms. The summed E-state index contributed by atoms with van der Waals surface area (Å²) in [4.78, 5) is 5.68. The van der Waals surface area contributed by atoms with E-state index in [0.717, 1.165) is 36.7 Å². The Kier molecular flexibility index (Phi) is 2.88. The van der Waals surface area contributed by atoms with E-state index in [1.807, 2.05) is 4.52 Å². The quantitative estimate of drug-likeness (QED) is 0.841. The van der Waals surface area contributed by atoms with Crippen molar-refractivity contribution in [3.63, 3.8) is 0 Å². The Morgan fingerprint density at radius 3 is 3.12 bits per heavy atom. The second-order valence-corrected chi connectivity index (χ2v) is 6.09. The summed E-state index contributed by atoms with van der Waals surface area (Å²) in [5.41, 5.74) is 1.14. The van der Waals surface area contributed by atoms with Gasteiger partial charge in [-0.05, 0) is 12.3 Å². The van der Waals surface area contributed by atoms with Crippen LogP contribution < -0.4 is 0 Å². The first-order chi connectivity index (χ1) is 8.22. The van der Waals surface area contributed by atoms with E-state index in [1.165, 1.54) is 5.01 Å². The average Bonchev–Trinajstić information content (AvgIpc) is 2.86. The first-order valence-electron chi connectivity index (χ1n) is 6.15. The molecule has 3 heterocycles. The summed E-state index contributed by atoms with van der Waals surface area (Å²) in [6.07, 6.45) is 4.19. The van der Waals surface area contributed by atoms with Crippen molar-refractivity contribution in [3.05, 3.63) is 16.9 Å². The molecule has 0 aromatic carbocycles. The molecule has 0 spiro atoms. The maximum Gasteiger partial charge on any atom is 0.212 e. The molecule has 17 heavy (non-hydrogen) atoms. The van der Waals surface area contributed by atoms with Crippen LogP contribution in [0.15, 0.2) is 6.20 Å². The molecule has 0 radical (unpaired) electrons. The van der Waals surface area contributed by atoms with Crippen molar-refractivity contribution >= 4 is 16.3 Å². The molecule has 2 aromatic heterocycles. The molecule has 4 nitrogen and oxygen atoms in total.